The van der Waals surface area contributed by atoms with Crippen molar-refractivity contribution in [1.29, 1.82) is 0 Å². The van der Waals surface area contributed by atoms with E-state index in [-0.39, 0.29) is 0 Å². The summed E-state index contributed by atoms with van der Waals surface area (Å²) in [5, 5.41) is 3.31. The lowest BCUT2D eigenvalue weighted by Crippen LogP contribution is -2.42. The minimum atomic E-state index is 0.867. The van der Waals surface area contributed by atoms with E-state index in [1.165, 1.54) is 0 Å². The molecule has 1 aromatic rings. The molecule has 0 saturated carbocycles. The molecule has 1 fully saturated rings. The molecule has 1 aromatic heterocycles. The first-order valence-electron chi connectivity index (χ1n) is 5.22. The SMILES string of the molecule is C=C(/C=C/c1ccco1)N1CCNCC1. The van der Waals surface area contributed by atoms with Gasteiger partial charge in [-0.05, 0) is 24.3 Å². The van der Waals surface area contributed by atoms with Crippen LogP contribution in [-0.4, -0.2) is 31.1 Å². The van der Waals surface area contributed by atoms with Gasteiger partial charge < -0.3 is 14.6 Å². The molecule has 0 aliphatic carbocycles. The number of hydrogen-bond donors (Lipinski definition) is 1. The van der Waals surface area contributed by atoms with E-state index in [4.69, 9.17) is 4.42 Å². The lowest BCUT2D eigenvalue weighted by atomic mass is 10.3. The molecule has 3 heteroatoms. The molecule has 15 heavy (non-hydrogen) atoms. The van der Waals surface area contributed by atoms with Gasteiger partial charge in [0.1, 0.15) is 5.76 Å². The minimum absolute atomic E-state index is 0.867. The van der Waals surface area contributed by atoms with E-state index in [2.05, 4.69) is 16.8 Å². The van der Waals surface area contributed by atoms with E-state index in [0.29, 0.717) is 0 Å². The number of hydrogen-bond acceptors (Lipinski definition) is 3. The van der Waals surface area contributed by atoms with Gasteiger partial charge in [0.2, 0.25) is 0 Å². The first-order chi connectivity index (χ1) is 7.36. The summed E-state index contributed by atoms with van der Waals surface area (Å²) < 4.78 is 5.21. The third kappa shape index (κ3) is 2.73. The van der Waals surface area contributed by atoms with Crippen molar-refractivity contribution >= 4 is 6.08 Å². The van der Waals surface area contributed by atoms with Crippen molar-refractivity contribution in [2.75, 3.05) is 26.2 Å². The molecule has 2 rings (SSSR count). The maximum absolute atomic E-state index is 5.21. The van der Waals surface area contributed by atoms with Gasteiger partial charge in [0.05, 0.1) is 6.26 Å². The molecule has 0 spiro atoms. The van der Waals surface area contributed by atoms with E-state index >= 15 is 0 Å². The fraction of sp³-hybridized carbons (Fsp3) is 0.333. The molecular formula is C12H16N2O. The normalized spacial score (nSPS) is 17.2. The number of nitrogens with one attached hydrogen (secondary N) is 1. The number of furan rings is 1. The molecule has 0 bridgehead atoms. The van der Waals surface area contributed by atoms with Crippen molar-refractivity contribution in [1.82, 2.24) is 10.2 Å². The summed E-state index contributed by atoms with van der Waals surface area (Å²) in [6.45, 7) is 8.18. The molecule has 3 nitrogen and oxygen atoms in total. The lowest BCUT2D eigenvalue weighted by Gasteiger charge is -2.29. The summed E-state index contributed by atoms with van der Waals surface area (Å²) in [6, 6.07) is 3.81. The number of allylic oxidation sites excluding steroid dienone is 1. The summed E-state index contributed by atoms with van der Waals surface area (Å²) in [7, 11) is 0. The number of rotatable bonds is 3. The first kappa shape index (κ1) is 10.1. The minimum Gasteiger partial charge on any atom is -0.465 e. The fourth-order valence-electron chi connectivity index (χ4n) is 1.62. The Kier molecular flexibility index (Phi) is 3.25. The van der Waals surface area contributed by atoms with E-state index in [9.17, 15) is 0 Å². The average molecular weight is 204 g/mol. The first-order valence-corrected chi connectivity index (χ1v) is 5.22. The van der Waals surface area contributed by atoms with Gasteiger partial charge in [-0.25, -0.2) is 0 Å². The number of nitrogens with zero attached hydrogens (tertiary/aromatic N) is 1. The van der Waals surface area contributed by atoms with E-state index in [1.54, 1.807) is 6.26 Å². The summed E-state index contributed by atoms with van der Waals surface area (Å²) in [6.07, 6.45) is 5.63. The molecule has 1 N–H and O–H groups in total. The van der Waals surface area contributed by atoms with Gasteiger partial charge in [0.15, 0.2) is 0 Å². The maximum Gasteiger partial charge on any atom is 0.126 e. The van der Waals surface area contributed by atoms with Crippen LogP contribution >= 0.6 is 0 Å². The smallest absolute Gasteiger partial charge is 0.126 e. The van der Waals surface area contributed by atoms with Crippen molar-refractivity contribution in [3.8, 4) is 0 Å². The Balaban J connectivity index is 1.91. The highest BCUT2D eigenvalue weighted by molar-refractivity contribution is 5.46. The van der Waals surface area contributed by atoms with Crippen molar-refractivity contribution in [3.63, 3.8) is 0 Å². The van der Waals surface area contributed by atoms with Crippen LogP contribution in [0.4, 0.5) is 0 Å². The fourth-order valence-corrected chi connectivity index (χ4v) is 1.62. The van der Waals surface area contributed by atoms with Gasteiger partial charge in [-0.15, -0.1) is 0 Å². The third-order valence-corrected chi connectivity index (χ3v) is 2.51. The zero-order valence-corrected chi connectivity index (χ0v) is 8.78. The van der Waals surface area contributed by atoms with Crippen LogP contribution < -0.4 is 5.32 Å². The van der Waals surface area contributed by atoms with Crippen molar-refractivity contribution in [2.45, 2.75) is 0 Å². The molecule has 1 aliphatic rings. The van der Waals surface area contributed by atoms with Gasteiger partial charge in [0, 0.05) is 31.9 Å². The molecule has 1 saturated heterocycles. The summed E-state index contributed by atoms with van der Waals surface area (Å²) in [4.78, 5) is 2.27. The Hall–Kier alpha value is -1.48. The van der Waals surface area contributed by atoms with Crippen molar-refractivity contribution in [2.24, 2.45) is 0 Å². The zero-order chi connectivity index (χ0) is 10.5. The van der Waals surface area contributed by atoms with E-state index in [1.807, 2.05) is 24.3 Å². The predicted octanol–water partition coefficient (Wildman–Crippen LogP) is 1.71. The Morgan fingerprint density at radius 3 is 2.93 bits per heavy atom. The Bertz CT molecular complexity index is 335. The van der Waals surface area contributed by atoms with Crippen LogP contribution in [0.2, 0.25) is 0 Å². The average Bonchev–Trinajstić information content (AvgIpc) is 2.80. The van der Waals surface area contributed by atoms with Crippen LogP contribution in [0, 0.1) is 0 Å². The molecule has 0 unspecified atom stereocenters. The molecule has 2 heterocycles. The lowest BCUT2D eigenvalue weighted by molar-refractivity contribution is 0.308. The predicted molar refractivity (Wildman–Crippen MR) is 61.3 cm³/mol. The van der Waals surface area contributed by atoms with E-state index < -0.39 is 0 Å². The Labute approximate surface area is 90.1 Å². The highest BCUT2D eigenvalue weighted by Crippen LogP contribution is 2.09. The van der Waals surface area contributed by atoms with Gasteiger partial charge in [-0.2, -0.15) is 0 Å². The highest BCUT2D eigenvalue weighted by Gasteiger charge is 2.08. The molecular weight excluding hydrogens is 188 g/mol. The summed E-state index contributed by atoms with van der Waals surface area (Å²) >= 11 is 0. The van der Waals surface area contributed by atoms with Crippen LogP contribution in [0.3, 0.4) is 0 Å². The van der Waals surface area contributed by atoms with E-state index in [0.717, 1.165) is 37.6 Å². The van der Waals surface area contributed by atoms with Crippen LogP contribution in [-0.2, 0) is 0 Å². The quantitative estimate of drug-likeness (QED) is 0.760. The molecule has 0 radical (unpaired) electrons. The van der Waals surface area contributed by atoms with Crippen LogP contribution in [0.25, 0.3) is 6.08 Å². The van der Waals surface area contributed by atoms with Gasteiger partial charge in [0.25, 0.3) is 0 Å². The van der Waals surface area contributed by atoms with Gasteiger partial charge >= 0.3 is 0 Å². The highest BCUT2D eigenvalue weighted by atomic mass is 16.3. The second kappa shape index (κ2) is 4.84. The van der Waals surface area contributed by atoms with Gasteiger partial charge in [-0.1, -0.05) is 6.58 Å². The maximum atomic E-state index is 5.21. The molecule has 1 aliphatic heterocycles. The number of piperazine rings is 1. The molecule has 80 valence electrons. The Morgan fingerprint density at radius 1 is 1.47 bits per heavy atom. The van der Waals surface area contributed by atoms with Gasteiger partial charge in [-0.3, -0.25) is 0 Å². The standard InChI is InChI=1S/C12H16N2O/c1-11(14-8-6-13-7-9-14)4-5-12-3-2-10-15-12/h2-5,10,13H,1,6-9H2/b5-4+. The second-order valence-corrected chi connectivity index (χ2v) is 3.58. The zero-order valence-electron chi connectivity index (χ0n) is 8.78. The van der Waals surface area contributed by atoms with Crippen molar-refractivity contribution in [3.05, 3.63) is 42.5 Å². The van der Waals surface area contributed by atoms with Crippen LogP contribution in [0.1, 0.15) is 5.76 Å². The monoisotopic (exact) mass is 204 g/mol. The molecule has 0 aromatic carbocycles. The third-order valence-electron chi connectivity index (χ3n) is 2.51. The Morgan fingerprint density at radius 2 is 2.27 bits per heavy atom. The summed E-state index contributed by atoms with van der Waals surface area (Å²) in [5.41, 5.74) is 1.05. The molecule has 0 atom stereocenters. The van der Waals surface area contributed by atoms with Crippen LogP contribution in [0.15, 0.2) is 41.2 Å². The van der Waals surface area contributed by atoms with Crippen LogP contribution in [0.5, 0.6) is 0 Å². The molecule has 0 amide bonds. The summed E-state index contributed by atoms with van der Waals surface area (Å²) in [5.74, 6) is 0.867. The second-order valence-electron chi connectivity index (χ2n) is 3.58. The topological polar surface area (TPSA) is 28.4 Å². The van der Waals surface area contributed by atoms with Crippen molar-refractivity contribution < 1.29 is 4.42 Å². The largest absolute Gasteiger partial charge is 0.465 e.